The van der Waals surface area contributed by atoms with Crippen LogP contribution in [-0.4, -0.2) is 27.4 Å². The van der Waals surface area contributed by atoms with Crippen LogP contribution < -0.4 is 0 Å². The highest BCUT2D eigenvalue weighted by atomic mass is 16.5. The van der Waals surface area contributed by atoms with Crippen molar-refractivity contribution in [3.05, 3.63) is 11.3 Å². The summed E-state index contributed by atoms with van der Waals surface area (Å²) >= 11 is 0. The molecule has 3 atom stereocenters. The van der Waals surface area contributed by atoms with E-state index < -0.39 is 16.6 Å². The molecule has 0 aromatic heterocycles. The molecule has 118 valence electrons. The summed E-state index contributed by atoms with van der Waals surface area (Å²) in [6, 6.07) is 0. The number of ether oxygens (including phenoxy) is 1. The SMILES string of the molecule is CC(C)CC(C)(C)C(=O)OC1=C2C3CC(O)(C1)CC2(O)C3. The van der Waals surface area contributed by atoms with Crippen LogP contribution >= 0.6 is 0 Å². The first kappa shape index (κ1) is 15.0. The minimum absolute atomic E-state index is 0.193. The molecule has 21 heavy (non-hydrogen) atoms. The van der Waals surface area contributed by atoms with Crippen molar-refractivity contribution in [3.8, 4) is 0 Å². The van der Waals surface area contributed by atoms with E-state index in [2.05, 4.69) is 13.8 Å². The lowest BCUT2D eigenvalue weighted by Crippen LogP contribution is -2.63. The third-order valence-corrected chi connectivity index (χ3v) is 5.22. The molecule has 0 amide bonds. The highest BCUT2D eigenvalue weighted by molar-refractivity contribution is 5.77. The van der Waals surface area contributed by atoms with Crippen LogP contribution in [0.3, 0.4) is 0 Å². The molecule has 0 heterocycles. The molecule has 0 aromatic carbocycles. The van der Waals surface area contributed by atoms with Crippen LogP contribution in [0.5, 0.6) is 0 Å². The summed E-state index contributed by atoms with van der Waals surface area (Å²) in [5.41, 5.74) is -1.48. The Morgan fingerprint density at radius 2 is 2.05 bits per heavy atom. The Morgan fingerprint density at radius 1 is 1.38 bits per heavy atom. The van der Waals surface area contributed by atoms with E-state index >= 15 is 0 Å². The Hall–Kier alpha value is -0.870. The maximum absolute atomic E-state index is 12.5. The van der Waals surface area contributed by atoms with Crippen molar-refractivity contribution >= 4 is 5.97 Å². The first-order chi connectivity index (χ1) is 9.55. The Bertz CT molecular complexity index is 519. The van der Waals surface area contributed by atoms with Gasteiger partial charge < -0.3 is 14.9 Å². The van der Waals surface area contributed by atoms with Gasteiger partial charge in [0.15, 0.2) is 0 Å². The molecule has 0 radical (unpaired) electrons. The second-order valence-corrected chi connectivity index (χ2v) is 8.42. The molecule has 5 rings (SSSR count). The molecule has 3 fully saturated rings. The molecule has 0 saturated heterocycles. The van der Waals surface area contributed by atoms with Gasteiger partial charge in [-0.05, 0) is 44.9 Å². The van der Waals surface area contributed by atoms with Crippen LogP contribution in [0, 0.1) is 17.3 Å². The maximum Gasteiger partial charge on any atom is 0.316 e. The molecule has 3 saturated carbocycles. The number of esters is 1. The molecule has 2 N–H and O–H groups in total. The normalized spacial score (nSPS) is 37.8. The minimum atomic E-state index is -0.923. The fourth-order valence-corrected chi connectivity index (χ4v) is 4.75. The smallest absolute Gasteiger partial charge is 0.316 e. The van der Waals surface area contributed by atoms with Gasteiger partial charge in [0.2, 0.25) is 0 Å². The number of fused-ring (bicyclic) bond motifs is 1. The second kappa shape index (κ2) is 4.32. The van der Waals surface area contributed by atoms with Gasteiger partial charge in [-0.15, -0.1) is 0 Å². The van der Waals surface area contributed by atoms with Gasteiger partial charge in [0.1, 0.15) is 5.76 Å². The van der Waals surface area contributed by atoms with Gasteiger partial charge >= 0.3 is 5.97 Å². The highest BCUT2D eigenvalue weighted by Crippen LogP contribution is 2.63. The van der Waals surface area contributed by atoms with Gasteiger partial charge in [0.05, 0.1) is 16.6 Å². The maximum atomic E-state index is 12.5. The van der Waals surface area contributed by atoms with E-state index in [4.69, 9.17) is 4.74 Å². The Balaban J connectivity index is 1.80. The Morgan fingerprint density at radius 3 is 2.57 bits per heavy atom. The Kier molecular flexibility index (Phi) is 3.10. The van der Waals surface area contributed by atoms with Gasteiger partial charge in [-0.1, -0.05) is 13.8 Å². The molecular weight excluding hydrogens is 268 g/mol. The largest absolute Gasteiger partial charge is 0.430 e. The van der Waals surface area contributed by atoms with E-state index in [1.165, 1.54) is 0 Å². The summed E-state index contributed by atoms with van der Waals surface area (Å²) in [5, 5.41) is 21.0. The molecule has 5 aliphatic rings. The zero-order valence-corrected chi connectivity index (χ0v) is 13.4. The summed E-state index contributed by atoms with van der Waals surface area (Å²) in [7, 11) is 0. The zero-order chi connectivity index (χ0) is 15.6. The minimum Gasteiger partial charge on any atom is -0.430 e. The number of carbonyl (C=O) groups is 1. The van der Waals surface area contributed by atoms with Crippen LogP contribution in [0.25, 0.3) is 0 Å². The summed E-state index contributed by atoms with van der Waals surface area (Å²) in [6.45, 7) is 7.96. The van der Waals surface area contributed by atoms with Crippen molar-refractivity contribution in [1.29, 1.82) is 0 Å². The lowest BCUT2D eigenvalue weighted by atomic mass is 9.48. The average molecular weight is 294 g/mol. The first-order valence-electron chi connectivity index (χ1n) is 7.95. The van der Waals surface area contributed by atoms with Gasteiger partial charge in [0, 0.05) is 18.4 Å². The lowest BCUT2D eigenvalue weighted by Gasteiger charge is -2.61. The lowest BCUT2D eigenvalue weighted by molar-refractivity contribution is -0.175. The number of rotatable bonds is 4. The fraction of sp³-hybridized carbons (Fsp3) is 0.824. The summed E-state index contributed by atoms with van der Waals surface area (Å²) < 4.78 is 5.64. The molecule has 0 aromatic rings. The van der Waals surface area contributed by atoms with E-state index in [1.54, 1.807) is 0 Å². The molecule has 5 aliphatic carbocycles. The zero-order valence-electron chi connectivity index (χ0n) is 13.4. The van der Waals surface area contributed by atoms with Gasteiger partial charge in [-0.25, -0.2) is 0 Å². The predicted molar refractivity (Wildman–Crippen MR) is 78.2 cm³/mol. The number of aliphatic hydroxyl groups is 2. The average Bonchev–Trinajstić information content (AvgIpc) is 2.22. The molecule has 4 bridgehead atoms. The van der Waals surface area contributed by atoms with Crippen LogP contribution in [0.1, 0.15) is 59.8 Å². The van der Waals surface area contributed by atoms with Gasteiger partial charge in [-0.2, -0.15) is 0 Å². The van der Waals surface area contributed by atoms with E-state index in [1.807, 2.05) is 13.8 Å². The number of carbonyl (C=O) groups excluding carboxylic acids is 1. The number of hydrogen-bond acceptors (Lipinski definition) is 4. The summed E-state index contributed by atoms with van der Waals surface area (Å²) in [4.78, 5) is 12.5. The van der Waals surface area contributed by atoms with E-state index in [0.717, 1.165) is 12.0 Å². The highest BCUT2D eigenvalue weighted by Gasteiger charge is 2.64. The number of hydrogen-bond donors (Lipinski definition) is 2. The molecule has 4 heteroatoms. The second-order valence-electron chi connectivity index (χ2n) is 8.42. The predicted octanol–water partition coefficient (Wildman–Crippen LogP) is 2.54. The first-order valence-corrected chi connectivity index (χ1v) is 7.95. The van der Waals surface area contributed by atoms with Crippen molar-refractivity contribution in [1.82, 2.24) is 0 Å². The van der Waals surface area contributed by atoms with Gasteiger partial charge in [-0.3, -0.25) is 4.79 Å². The van der Waals surface area contributed by atoms with Crippen molar-refractivity contribution in [3.63, 3.8) is 0 Å². The topological polar surface area (TPSA) is 66.8 Å². The molecule has 4 nitrogen and oxygen atoms in total. The van der Waals surface area contributed by atoms with Crippen molar-refractivity contribution < 1.29 is 19.7 Å². The third kappa shape index (κ3) is 2.33. The molecule has 3 unspecified atom stereocenters. The van der Waals surface area contributed by atoms with E-state index in [-0.39, 0.29) is 11.9 Å². The fourth-order valence-electron chi connectivity index (χ4n) is 4.75. The summed E-state index contributed by atoms with van der Waals surface area (Å²) in [6.07, 6.45) is 2.90. The van der Waals surface area contributed by atoms with Crippen molar-refractivity contribution in [2.75, 3.05) is 0 Å². The van der Waals surface area contributed by atoms with Crippen LogP contribution in [0.15, 0.2) is 11.3 Å². The quantitative estimate of drug-likeness (QED) is 0.782. The molecule has 0 aliphatic heterocycles. The van der Waals surface area contributed by atoms with Crippen molar-refractivity contribution in [2.24, 2.45) is 17.3 Å². The molecular formula is C17H26O4. The Labute approximate surface area is 126 Å². The van der Waals surface area contributed by atoms with Crippen LogP contribution in [0.4, 0.5) is 0 Å². The van der Waals surface area contributed by atoms with Crippen molar-refractivity contribution in [2.45, 2.75) is 71.0 Å². The summed E-state index contributed by atoms with van der Waals surface area (Å²) in [5.74, 6) is 0.890. The molecule has 0 spiro atoms. The third-order valence-electron chi connectivity index (χ3n) is 5.22. The van der Waals surface area contributed by atoms with E-state index in [9.17, 15) is 15.0 Å². The van der Waals surface area contributed by atoms with Crippen LogP contribution in [0.2, 0.25) is 0 Å². The van der Waals surface area contributed by atoms with Gasteiger partial charge in [0.25, 0.3) is 0 Å². The van der Waals surface area contributed by atoms with Crippen LogP contribution in [-0.2, 0) is 9.53 Å². The standard InChI is InChI=1S/C17H26O4/c1-10(2)5-15(3,4)14(18)21-12-8-16(19)6-11-7-17(20,9-16)13(11)12/h10-11,19-20H,5-9H2,1-4H3. The monoisotopic (exact) mass is 294 g/mol. The van der Waals surface area contributed by atoms with E-state index in [0.29, 0.717) is 37.4 Å².